The van der Waals surface area contributed by atoms with E-state index in [4.69, 9.17) is 14.2 Å². The Balaban J connectivity index is 1.73. The average molecular weight is 277 g/mol. The minimum absolute atomic E-state index is 0.0119. The second-order valence-corrected chi connectivity index (χ2v) is 5.39. The molecule has 1 saturated heterocycles. The van der Waals surface area contributed by atoms with E-state index in [0.717, 1.165) is 11.3 Å². The fourth-order valence-electron chi connectivity index (χ4n) is 2.84. The number of nitrogens with one attached hydrogen (secondary N) is 1. The highest BCUT2D eigenvalue weighted by Gasteiger charge is 2.43. The molecule has 2 atom stereocenters. The summed E-state index contributed by atoms with van der Waals surface area (Å²) in [5, 5.41) is 3.08. The van der Waals surface area contributed by atoms with Gasteiger partial charge in [-0.3, -0.25) is 4.79 Å². The number of carbonyl (C=O) groups excluding carboxylic acids is 1. The Labute approximate surface area is 118 Å². The van der Waals surface area contributed by atoms with Gasteiger partial charge in [0, 0.05) is 19.3 Å². The molecule has 5 nitrogen and oxygen atoms in total. The molecule has 0 aliphatic carbocycles. The van der Waals surface area contributed by atoms with E-state index in [1.165, 1.54) is 0 Å². The molecule has 0 saturated carbocycles. The van der Waals surface area contributed by atoms with E-state index < -0.39 is 5.41 Å². The molecule has 0 radical (unpaired) electrons. The smallest absolute Gasteiger partial charge is 0.231 e. The number of amides is 1. The summed E-state index contributed by atoms with van der Waals surface area (Å²) in [6.45, 7) is 1.89. The second-order valence-electron chi connectivity index (χ2n) is 5.39. The first-order chi connectivity index (χ1) is 9.75. The maximum atomic E-state index is 12.6. The first-order valence-corrected chi connectivity index (χ1v) is 6.84. The van der Waals surface area contributed by atoms with Crippen LogP contribution in [0.3, 0.4) is 0 Å². The molecule has 0 unspecified atom stereocenters. The number of rotatable bonds is 4. The molecule has 5 heteroatoms. The number of benzene rings is 1. The van der Waals surface area contributed by atoms with E-state index in [1.807, 2.05) is 24.3 Å². The van der Waals surface area contributed by atoms with Crippen LogP contribution >= 0.6 is 0 Å². The molecule has 2 heterocycles. The highest BCUT2D eigenvalue weighted by molar-refractivity contribution is 5.84. The van der Waals surface area contributed by atoms with E-state index in [2.05, 4.69) is 5.32 Å². The molecule has 3 rings (SSSR count). The molecule has 1 amide bonds. The van der Waals surface area contributed by atoms with Crippen LogP contribution in [0, 0.1) is 5.41 Å². The molecular weight excluding hydrogens is 258 g/mol. The molecule has 108 valence electrons. The average Bonchev–Trinajstić information content (AvgIpc) is 3.08. The van der Waals surface area contributed by atoms with Gasteiger partial charge < -0.3 is 19.5 Å². The van der Waals surface area contributed by atoms with E-state index in [-0.39, 0.29) is 11.9 Å². The van der Waals surface area contributed by atoms with E-state index in [9.17, 15) is 4.79 Å². The van der Waals surface area contributed by atoms with Crippen molar-refractivity contribution >= 4 is 5.91 Å². The first kappa shape index (κ1) is 13.4. The van der Waals surface area contributed by atoms with Crippen molar-refractivity contribution in [3.63, 3.8) is 0 Å². The van der Waals surface area contributed by atoms with Gasteiger partial charge in [0.15, 0.2) is 0 Å². The quantitative estimate of drug-likeness (QED) is 0.901. The summed E-state index contributed by atoms with van der Waals surface area (Å²) < 4.78 is 16.2. The van der Waals surface area contributed by atoms with Gasteiger partial charge in [-0.1, -0.05) is 18.2 Å². The third kappa shape index (κ3) is 2.27. The number of carbonyl (C=O) groups is 1. The Kier molecular flexibility index (Phi) is 3.63. The van der Waals surface area contributed by atoms with E-state index >= 15 is 0 Å². The Bertz CT molecular complexity index is 496. The maximum absolute atomic E-state index is 12.6. The van der Waals surface area contributed by atoms with Gasteiger partial charge in [-0.05, 0) is 12.5 Å². The highest BCUT2D eigenvalue weighted by Crippen LogP contribution is 2.34. The van der Waals surface area contributed by atoms with Crippen molar-refractivity contribution in [2.75, 3.05) is 33.5 Å². The predicted octanol–water partition coefficient (Wildman–Crippen LogP) is 1.29. The van der Waals surface area contributed by atoms with Crippen molar-refractivity contribution in [3.8, 4) is 5.75 Å². The fourth-order valence-corrected chi connectivity index (χ4v) is 2.84. The molecule has 0 aromatic heterocycles. The lowest BCUT2D eigenvalue weighted by Crippen LogP contribution is -2.46. The summed E-state index contributed by atoms with van der Waals surface area (Å²) in [6.07, 6.45) is 0.696. The summed E-state index contributed by atoms with van der Waals surface area (Å²) >= 11 is 0. The highest BCUT2D eigenvalue weighted by atomic mass is 16.5. The largest absolute Gasteiger partial charge is 0.491 e. The molecule has 2 aliphatic heterocycles. The van der Waals surface area contributed by atoms with Crippen LogP contribution in [-0.4, -0.2) is 39.4 Å². The zero-order chi connectivity index (χ0) is 14.0. The number of para-hydroxylation sites is 1. The summed E-state index contributed by atoms with van der Waals surface area (Å²) in [5.41, 5.74) is 0.471. The summed E-state index contributed by atoms with van der Waals surface area (Å²) in [4.78, 5) is 12.6. The van der Waals surface area contributed by atoms with Crippen molar-refractivity contribution in [1.82, 2.24) is 5.32 Å². The van der Waals surface area contributed by atoms with Gasteiger partial charge in [0.05, 0.1) is 24.7 Å². The number of fused-ring (bicyclic) bond motifs is 1. The van der Waals surface area contributed by atoms with Crippen LogP contribution in [0.25, 0.3) is 0 Å². The van der Waals surface area contributed by atoms with Crippen LogP contribution < -0.4 is 10.1 Å². The van der Waals surface area contributed by atoms with Crippen LogP contribution in [0.15, 0.2) is 24.3 Å². The molecule has 2 aliphatic rings. The third-order valence-corrected chi connectivity index (χ3v) is 4.01. The van der Waals surface area contributed by atoms with Gasteiger partial charge in [0.25, 0.3) is 0 Å². The molecule has 1 fully saturated rings. The maximum Gasteiger partial charge on any atom is 0.231 e. The second kappa shape index (κ2) is 5.42. The lowest BCUT2D eigenvalue weighted by Gasteiger charge is -2.26. The standard InChI is InChI=1S/C15H19NO4/c1-18-9-15(6-7-19-10-15)14(17)16-12-8-20-13-5-3-2-4-11(12)13/h2-5,12H,6-10H2,1H3,(H,16,17)/t12-,15+/m0/s1. The minimum Gasteiger partial charge on any atom is -0.491 e. The lowest BCUT2D eigenvalue weighted by atomic mass is 9.86. The zero-order valence-electron chi connectivity index (χ0n) is 11.6. The van der Waals surface area contributed by atoms with Gasteiger partial charge in [-0.25, -0.2) is 0 Å². The third-order valence-electron chi connectivity index (χ3n) is 4.01. The zero-order valence-corrected chi connectivity index (χ0v) is 11.6. The molecule has 1 N–H and O–H groups in total. The molecule has 1 aromatic carbocycles. The molecule has 0 bridgehead atoms. The predicted molar refractivity (Wildman–Crippen MR) is 72.6 cm³/mol. The fraction of sp³-hybridized carbons (Fsp3) is 0.533. The Morgan fingerprint density at radius 2 is 2.35 bits per heavy atom. The number of hydrogen-bond acceptors (Lipinski definition) is 4. The Hall–Kier alpha value is -1.59. The summed E-state index contributed by atoms with van der Waals surface area (Å²) in [7, 11) is 1.61. The minimum atomic E-state index is -0.563. The molecule has 0 spiro atoms. The number of hydrogen-bond donors (Lipinski definition) is 1. The van der Waals surface area contributed by atoms with Gasteiger partial charge in [0.2, 0.25) is 5.91 Å². The molecule has 1 aromatic rings. The summed E-state index contributed by atoms with van der Waals surface area (Å²) in [6, 6.07) is 7.70. The van der Waals surface area contributed by atoms with Crippen molar-refractivity contribution in [2.45, 2.75) is 12.5 Å². The van der Waals surface area contributed by atoms with Gasteiger partial charge in [-0.2, -0.15) is 0 Å². The van der Waals surface area contributed by atoms with Crippen molar-refractivity contribution in [3.05, 3.63) is 29.8 Å². The van der Waals surface area contributed by atoms with Crippen LogP contribution in [0.1, 0.15) is 18.0 Å². The van der Waals surface area contributed by atoms with Crippen LogP contribution in [0.5, 0.6) is 5.75 Å². The van der Waals surface area contributed by atoms with E-state index in [0.29, 0.717) is 32.8 Å². The summed E-state index contributed by atoms with van der Waals surface area (Å²) in [5.74, 6) is 0.836. The Morgan fingerprint density at radius 3 is 3.10 bits per heavy atom. The van der Waals surface area contributed by atoms with Crippen LogP contribution in [0.2, 0.25) is 0 Å². The van der Waals surface area contributed by atoms with Crippen LogP contribution in [-0.2, 0) is 14.3 Å². The van der Waals surface area contributed by atoms with Gasteiger partial charge in [-0.15, -0.1) is 0 Å². The Morgan fingerprint density at radius 1 is 1.50 bits per heavy atom. The van der Waals surface area contributed by atoms with Gasteiger partial charge in [0.1, 0.15) is 12.4 Å². The first-order valence-electron chi connectivity index (χ1n) is 6.84. The lowest BCUT2D eigenvalue weighted by molar-refractivity contribution is -0.135. The monoisotopic (exact) mass is 277 g/mol. The van der Waals surface area contributed by atoms with Crippen molar-refractivity contribution < 1.29 is 19.0 Å². The van der Waals surface area contributed by atoms with Gasteiger partial charge >= 0.3 is 0 Å². The SMILES string of the molecule is COC[C@]1(C(=O)N[C@H]2COc3ccccc32)CCOC1. The van der Waals surface area contributed by atoms with Crippen LogP contribution in [0.4, 0.5) is 0 Å². The number of methoxy groups -OCH3 is 1. The number of ether oxygens (including phenoxy) is 3. The topological polar surface area (TPSA) is 56.8 Å². The molecule has 20 heavy (non-hydrogen) atoms. The van der Waals surface area contributed by atoms with E-state index in [1.54, 1.807) is 7.11 Å². The van der Waals surface area contributed by atoms with Crippen molar-refractivity contribution in [2.24, 2.45) is 5.41 Å². The normalized spacial score (nSPS) is 27.9. The molecular formula is C15H19NO4. The van der Waals surface area contributed by atoms with Crippen molar-refractivity contribution in [1.29, 1.82) is 0 Å².